The molecule has 0 aliphatic carbocycles. The average molecular weight is 282 g/mol. The zero-order chi connectivity index (χ0) is 14.3. The van der Waals surface area contributed by atoms with E-state index in [0.29, 0.717) is 6.54 Å². The number of thioether (sulfide) groups is 1. The van der Waals surface area contributed by atoms with Gasteiger partial charge in [-0.15, -0.1) is 11.8 Å². The van der Waals surface area contributed by atoms with Crippen LogP contribution in [0.4, 0.5) is 0 Å². The lowest BCUT2D eigenvalue weighted by Gasteiger charge is -2.07. The number of hydrogen-bond acceptors (Lipinski definition) is 4. The van der Waals surface area contributed by atoms with Crippen LogP contribution < -0.4 is 11.1 Å². The molecule has 1 amide bonds. The number of aliphatic carboxylic acids is 1. The Morgan fingerprint density at radius 2 is 2.00 bits per heavy atom. The molecule has 104 valence electrons. The van der Waals surface area contributed by atoms with E-state index in [2.05, 4.69) is 5.32 Å². The third kappa shape index (κ3) is 6.26. The Labute approximate surface area is 116 Å². The number of carbonyl (C=O) groups is 2. The van der Waals surface area contributed by atoms with E-state index in [0.717, 1.165) is 5.56 Å². The Morgan fingerprint density at radius 3 is 2.58 bits per heavy atom. The van der Waals surface area contributed by atoms with E-state index < -0.39 is 12.0 Å². The number of nitrogens with two attached hydrogens (primary N) is 1. The molecule has 0 heterocycles. The van der Waals surface area contributed by atoms with Gasteiger partial charge in [0.1, 0.15) is 6.04 Å². The predicted octanol–water partition coefficient (Wildman–Crippen LogP) is 0.756. The van der Waals surface area contributed by atoms with Crippen molar-refractivity contribution in [2.45, 2.75) is 19.5 Å². The molecule has 1 aromatic carbocycles. The fraction of sp³-hybridized carbons (Fsp3) is 0.385. The lowest BCUT2D eigenvalue weighted by Crippen LogP contribution is -2.33. The summed E-state index contributed by atoms with van der Waals surface area (Å²) in [5.74, 6) is -0.726. The maximum Gasteiger partial charge on any atom is 0.321 e. The molecule has 0 saturated carbocycles. The summed E-state index contributed by atoms with van der Waals surface area (Å²) in [5.41, 5.74) is 7.54. The van der Waals surface area contributed by atoms with E-state index in [-0.39, 0.29) is 17.4 Å². The van der Waals surface area contributed by atoms with Crippen molar-refractivity contribution in [1.29, 1.82) is 0 Å². The van der Waals surface area contributed by atoms with Crippen molar-refractivity contribution < 1.29 is 14.7 Å². The van der Waals surface area contributed by atoms with E-state index >= 15 is 0 Å². The van der Waals surface area contributed by atoms with Gasteiger partial charge in [0.05, 0.1) is 5.75 Å². The number of rotatable bonds is 7. The molecule has 4 N–H and O–H groups in total. The van der Waals surface area contributed by atoms with Crippen molar-refractivity contribution in [2.75, 3.05) is 11.5 Å². The van der Waals surface area contributed by atoms with Crippen LogP contribution in [0.25, 0.3) is 0 Å². The molecule has 0 aromatic heterocycles. The van der Waals surface area contributed by atoms with Gasteiger partial charge in [0, 0.05) is 12.3 Å². The van der Waals surface area contributed by atoms with Crippen LogP contribution in [0, 0.1) is 6.92 Å². The summed E-state index contributed by atoms with van der Waals surface area (Å²) in [4.78, 5) is 22.0. The summed E-state index contributed by atoms with van der Waals surface area (Å²) in [6.07, 6.45) is 0. The maximum atomic E-state index is 11.5. The highest BCUT2D eigenvalue weighted by Crippen LogP contribution is 2.04. The van der Waals surface area contributed by atoms with E-state index in [1.54, 1.807) is 0 Å². The maximum absolute atomic E-state index is 11.5. The number of carboxylic acids is 1. The summed E-state index contributed by atoms with van der Waals surface area (Å²) in [7, 11) is 0. The lowest BCUT2D eigenvalue weighted by molar-refractivity contribution is -0.138. The predicted molar refractivity (Wildman–Crippen MR) is 76.0 cm³/mol. The molecule has 0 fully saturated rings. The molecule has 0 spiro atoms. The first-order chi connectivity index (χ1) is 8.99. The molecule has 5 nitrogen and oxygen atoms in total. The average Bonchev–Trinajstić information content (AvgIpc) is 2.37. The molecule has 1 rings (SSSR count). The minimum absolute atomic E-state index is 0.122. The Bertz CT molecular complexity index is 434. The minimum atomic E-state index is -1.05. The number of aryl methyl sites for hydroxylation is 1. The SMILES string of the molecule is Cc1ccc(CNC(=O)CSCC(N)C(=O)O)cc1. The molecule has 0 radical (unpaired) electrons. The van der Waals surface area contributed by atoms with Crippen molar-refractivity contribution in [1.82, 2.24) is 5.32 Å². The zero-order valence-electron chi connectivity index (χ0n) is 10.8. The van der Waals surface area contributed by atoms with Crippen LogP contribution in [-0.2, 0) is 16.1 Å². The molecule has 1 atom stereocenters. The molecule has 6 heteroatoms. The highest BCUT2D eigenvalue weighted by atomic mass is 32.2. The van der Waals surface area contributed by atoms with Gasteiger partial charge in [0.2, 0.25) is 5.91 Å². The first-order valence-corrected chi connectivity index (χ1v) is 7.03. The quantitative estimate of drug-likeness (QED) is 0.686. The van der Waals surface area contributed by atoms with Gasteiger partial charge in [0.25, 0.3) is 0 Å². The summed E-state index contributed by atoms with van der Waals surface area (Å²) < 4.78 is 0. The fourth-order valence-electron chi connectivity index (χ4n) is 1.31. The number of amides is 1. The number of hydrogen-bond donors (Lipinski definition) is 3. The zero-order valence-corrected chi connectivity index (χ0v) is 11.6. The van der Waals surface area contributed by atoms with Crippen molar-refractivity contribution in [3.05, 3.63) is 35.4 Å². The number of benzene rings is 1. The smallest absolute Gasteiger partial charge is 0.321 e. The third-order valence-electron chi connectivity index (χ3n) is 2.46. The first kappa shape index (κ1) is 15.5. The second-order valence-corrected chi connectivity index (χ2v) is 5.25. The van der Waals surface area contributed by atoms with Crippen LogP contribution in [0.15, 0.2) is 24.3 Å². The summed E-state index contributed by atoms with van der Waals surface area (Å²) >= 11 is 1.22. The van der Waals surface area contributed by atoms with E-state index in [1.807, 2.05) is 31.2 Å². The topological polar surface area (TPSA) is 92.4 Å². The van der Waals surface area contributed by atoms with Crippen molar-refractivity contribution in [3.63, 3.8) is 0 Å². The van der Waals surface area contributed by atoms with Crippen LogP contribution in [0.1, 0.15) is 11.1 Å². The minimum Gasteiger partial charge on any atom is -0.480 e. The van der Waals surface area contributed by atoms with Gasteiger partial charge in [-0.05, 0) is 12.5 Å². The van der Waals surface area contributed by atoms with Crippen LogP contribution >= 0.6 is 11.8 Å². The largest absolute Gasteiger partial charge is 0.480 e. The fourth-order valence-corrected chi connectivity index (χ4v) is 2.11. The second kappa shape index (κ2) is 7.81. The van der Waals surface area contributed by atoms with Crippen molar-refractivity contribution in [2.24, 2.45) is 5.73 Å². The Kier molecular flexibility index (Phi) is 6.38. The first-order valence-electron chi connectivity index (χ1n) is 5.87. The van der Waals surface area contributed by atoms with Gasteiger partial charge in [-0.1, -0.05) is 29.8 Å². The third-order valence-corrected chi connectivity index (χ3v) is 3.52. The normalized spacial score (nSPS) is 11.9. The van der Waals surface area contributed by atoms with Gasteiger partial charge in [-0.3, -0.25) is 9.59 Å². The molecule has 19 heavy (non-hydrogen) atoms. The highest BCUT2D eigenvalue weighted by Gasteiger charge is 2.12. The Hall–Kier alpha value is -1.53. The molecular weight excluding hydrogens is 264 g/mol. The van der Waals surface area contributed by atoms with E-state index in [1.165, 1.54) is 17.3 Å². The number of nitrogens with one attached hydrogen (secondary N) is 1. The molecule has 0 bridgehead atoms. The van der Waals surface area contributed by atoms with Gasteiger partial charge in [-0.2, -0.15) is 0 Å². The van der Waals surface area contributed by atoms with Crippen molar-refractivity contribution in [3.8, 4) is 0 Å². The molecule has 0 saturated heterocycles. The lowest BCUT2D eigenvalue weighted by atomic mass is 10.1. The van der Waals surface area contributed by atoms with Gasteiger partial charge < -0.3 is 16.2 Å². The molecule has 1 aromatic rings. The van der Waals surface area contributed by atoms with Crippen LogP contribution in [0.2, 0.25) is 0 Å². The summed E-state index contributed by atoms with van der Waals surface area (Å²) in [5, 5.41) is 11.4. The molecular formula is C13H18N2O3S. The Balaban J connectivity index is 2.21. The van der Waals surface area contributed by atoms with Crippen LogP contribution in [0.3, 0.4) is 0 Å². The summed E-state index contributed by atoms with van der Waals surface area (Å²) in [6, 6.07) is 6.98. The van der Waals surface area contributed by atoms with Gasteiger partial charge in [0.15, 0.2) is 0 Å². The molecule has 0 aliphatic heterocycles. The standard InChI is InChI=1S/C13H18N2O3S/c1-9-2-4-10(5-3-9)6-15-12(16)8-19-7-11(14)13(17)18/h2-5,11H,6-8,14H2,1H3,(H,15,16)(H,17,18). The van der Waals surface area contributed by atoms with Gasteiger partial charge in [-0.25, -0.2) is 0 Å². The van der Waals surface area contributed by atoms with E-state index in [9.17, 15) is 9.59 Å². The van der Waals surface area contributed by atoms with Crippen LogP contribution in [-0.4, -0.2) is 34.5 Å². The van der Waals surface area contributed by atoms with Crippen LogP contribution in [0.5, 0.6) is 0 Å². The van der Waals surface area contributed by atoms with Crippen molar-refractivity contribution >= 4 is 23.6 Å². The van der Waals surface area contributed by atoms with Gasteiger partial charge >= 0.3 is 5.97 Å². The molecule has 1 unspecified atom stereocenters. The monoisotopic (exact) mass is 282 g/mol. The number of carbonyl (C=O) groups excluding carboxylic acids is 1. The highest BCUT2D eigenvalue weighted by molar-refractivity contribution is 8.00. The summed E-state index contributed by atoms with van der Waals surface area (Å²) in [6.45, 7) is 2.48. The second-order valence-electron chi connectivity index (χ2n) is 4.22. The molecule has 0 aliphatic rings. The number of carboxylic acid groups (broad SMARTS) is 1. The Morgan fingerprint density at radius 1 is 1.37 bits per heavy atom. The van der Waals surface area contributed by atoms with E-state index in [4.69, 9.17) is 10.8 Å².